The van der Waals surface area contributed by atoms with Gasteiger partial charge in [0.15, 0.2) is 5.69 Å². The van der Waals surface area contributed by atoms with E-state index in [0.29, 0.717) is 18.0 Å². The lowest BCUT2D eigenvalue weighted by atomic mass is 10.1. The quantitative estimate of drug-likeness (QED) is 0.874. The second-order valence-electron chi connectivity index (χ2n) is 4.71. The number of amides is 1. The highest BCUT2D eigenvalue weighted by Crippen LogP contribution is 2.17. The fraction of sp³-hybridized carbons (Fsp3) is 0.286. The minimum absolute atomic E-state index is 0.213. The molecule has 1 aliphatic heterocycles. The first-order chi connectivity index (χ1) is 9.22. The zero-order valence-electron chi connectivity index (χ0n) is 10.7. The summed E-state index contributed by atoms with van der Waals surface area (Å²) in [6.45, 7) is 4.09. The van der Waals surface area contributed by atoms with Gasteiger partial charge in [0.25, 0.3) is 5.91 Å². The second kappa shape index (κ2) is 4.85. The summed E-state index contributed by atoms with van der Waals surface area (Å²) in [5.41, 5.74) is 4.06. The molecule has 0 saturated carbocycles. The average Bonchev–Trinajstić information content (AvgIpc) is 3.03. The Kier molecular flexibility index (Phi) is 3.05. The third kappa shape index (κ3) is 2.51. The maximum Gasteiger partial charge on any atom is 0.273 e. The molecular weight excluding hydrogens is 242 g/mol. The van der Waals surface area contributed by atoms with Crippen molar-refractivity contribution in [1.29, 1.82) is 0 Å². The fourth-order valence-electron chi connectivity index (χ4n) is 2.20. The van der Waals surface area contributed by atoms with Crippen LogP contribution in [0.15, 0.2) is 28.8 Å². The van der Waals surface area contributed by atoms with Crippen LogP contribution in [0.3, 0.4) is 0 Å². The number of hydrogen-bond donors (Lipinski definition) is 2. The summed E-state index contributed by atoms with van der Waals surface area (Å²) in [6.07, 6.45) is 0. The lowest BCUT2D eigenvalue weighted by Gasteiger charge is -2.05. The summed E-state index contributed by atoms with van der Waals surface area (Å²) in [5, 5.41) is 9.83. The normalized spacial score (nSPS) is 13.3. The van der Waals surface area contributed by atoms with E-state index in [0.717, 1.165) is 18.7 Å². The summed E-state index contributed by atoms with van der Waals surface area (Å²) in [6, 6.07) is 7.91. The van der Waals surface area contributed by atoms with Crippen molar-refractivity contribution < 1.29 is 9.32 Å². The molecule has 2 N–H and O–H groups in total. The number of nitrogens with one attached hydrogen (secondary N) is 2. The van der Waals surface area contributed by atoms with Crippen LogP contribution in [0.1, 0.15) is 32.9 Å². The molecule has 0 bridgehead atoms. The maximum atomic E-state index is 11.8. The smallest absolute Gasteiger partial charge is 0.273 e. The SMILES string of the molecule is Cc1cc(C(=O)NCc2ccc3c(c2)CNC3)no1. The van der Waals surface area contributed by atoms with E-state index < -0.39 is 0 Å². The molecule has 2 aromatic rings. The Morgan fingerprint density at radius 2 is 2.21 bits per heavy atom. The maximum absolute atomic E-state index is 11.8. The molecule has 0 spiro atoms. The van der Waals surface area contributed by atoms with E-state index in [4.69, 9.17) is 4.52 Å². The predicted molar refractivity (Wildman–Crippen MR) is 69.4 cm³/mol. The lowest BCUT2D eigenvalue weighted by Crippen LogP contribution is -2.23. The Morgan fingerprint density at radius 1 is 1.37 bits per heavy atom. The number of aromatic nitrogens is 1. The predicted octanol–water partition coefficient (Wildman–Crippen LogP) is 1.52. The molecule has 0 fully saturated rings. The van der Waals surface area contributed by atoms with Gasteiger partial charge in [-0.3, -0.25) is 4.79 Å². The third-order valence-corrected chi connectivity index (χ3v) is 3.22. The summed E-state index contributed by atoms with van der Waals surface area (Å²) in [4.78, 5) is 11.8. The van der Waals surface area contributed by atoms with E-state index in [1.165, 1.54) is 11.1 Å². The number of carbonyl (C=O) groups excluding carboxylic acids is 1. The number of fused-ring (bicyclic) bond motifs is 1. The number of nitrogens with zero attached hydrogens (tertiary/aromatic N) is 1. The molecule has 0 atom stereocenters. The van der Waals surface area contributed by atoms with Gasteiger partial charge in [0.2, 0.25) is 0 Å². The molecule has 0 aliphatic carbocycles. The summed E-state index contributed by atoms with van der Waals surface area (Å²) in [5.74, 6) is 0.421. The highest BCUT2D eigenvalue weighted by atomic mass is 16.5. The van der Waals surface area contributed by atoms with Crippen LogP contribution in [0.25, 0.3) is 0 Å². The third-order valence-electron chi connectivity index (χ3n) is 3.22. The van der Waals surface area contributed by atoms with Gasteiger partial charge in [-0.2, -0.15) is 0 Å². The molecule has 3 rings (SSSR count). The van der Waals surface area contributed by atoms with Crippen LogP contribution in [0, 0.1) is 6.92 Å². The minimum Gasteiger partial charge on any atom is -0.361 e. The van der Waals surface area contributed by atoms with Gasteiger partial charge in [0.1, 0.15) is 5.76 Å². The van der Waals surface area contributed by atoms with Crippen LogP contribution in [0.2, 0.25) is 0 Å². The van der Waals surface area contributed by atoms with Gasteiger partial charge >= 0.3 is 0 Å². The second-order valence-corrected chi connectivity index (χ2v) is 4.71. The van der Waals surface area contributed by atoms with Gasteiger partial charge in [-0.15, -0.1) is 0 Å². The minimum atomic E-state index is -0.213. The van der Waals surface area contributed by atoms with Crippen molar-refractivity contribution in [3.63, 3.8) is 0 Å². The Morgan fingerprint density at radius 3 is 3.00 bits per heavy atom. The molecule has 0 radical (unpaired) electrons. The monoisotopic (exact) mass is 257 g/mol. The van der Waals surface area contributed by atoms with Crippen molar-refractivity contribution in [3.05, 3.63) is 52.4 Å². The summed E-state index contributed by atoms with van der Waals surface area (Å²) >= 11 is 0. The van der Waals surface area contributed by atoms with Crippen molar-refractivity contribution in [2.45, 2.75) is 26.6 Å². The Hall–Kier alpha value is -2.14. The van der Waals surface area contributed by atoms with Crippen LogP contribution in [-0.4, -0.2) is 11.1 Å². The fourth-order valence-corrected chi connectivity index (χ4v) is 2.20. The van der Waals surface area contributed by atoms with Crippen molar-refractivity contribution in [3.8, 4) is 0 Å². The molecule has 1 aromatic carbocycles. The van der Waals surface area contributed by atoms with Crippen LogP contribution in [0.4, 0.5) is 0 Å². The molecule has 2 heterocycles. The van der Waals surface area contributed by atoms with Crippen LogP contribution >= 0.6 is 0 Å². The summed E-state index contributed by atoms with van der Waals surface area (Å²) in [7, 11) is 0. The molecule has 5 nitrogen and oxygen atoms in total. The molecule has 0 saturated heterocycles. The van der Waals surface area contributed by atoms with Crippen molar-refractivity contribution in [1.82, 2.24) is 15.8 Å². The van der Waals surface area contributed by atoms with Gasteiger partial charge in [0, 0.05) is 25.7 Å². The Labute approximate surface area is 111 Å². The molecule has 1 amide bonds. The number of benzene rings is 1. The first-order valence-electron chi connectivity index (χ1n) is 6.25. The molecule has 98 valence electrons. The molecule has 0 unspecified atom stereocenters. The van der Waals surface area contributed by atoms with Crippen molar-refractivity contribution in [2.75, 3.05) is 0 Å². The van der Waals surface area contributed by atoms with E-state index in [2.05, 4.69) is 27.9 Å². The van der Waals surface area contributed by atoms with Crippen LogP contribution in [-0.2, 0) is 19.6 Å². The van der Waals surface area contributed by atoms with E-state index in [9.17, 15) is 4.79 Å². The average molecular weight is 257 g/mol. The van der Waals surface area contributed by atoms with E-state index in [-0.39, 0.29) is 5.91 Å². The standard InChI is InChI=1S/C14H15N3O2/c1-9-4-13(17-19-9)14(18)16-6-10-2-3-11-7-15-8-12(11)5-10/h2-5,15H,6-8H2,1H3,(H,16,18). The van der Waals surface area contributed by atoms with Gasteiger partial charge in [0.05, 0.1) is 0 Å². The largest absolute Gasteiger partial charge is 0.361 e. The van der Waals surface area contributed by atoms with Crippen LogP contribution in [0.5, 0.6) is 0 Å². The van der Waals surface area contributed by atoms with Gasteiger partial charge in [-0.25, -0.2) is 0 Å². The topological polar surface area (TPSA) is 67.2 Å². The Balaban J connectivity index is 1.64. The highest BCUT2D eigenvalue weighted by Gasteiger charge is 2.12. The number of aryl methyl sites for hydroxylation is 1. The number of hydrogen-bond acceptors (Lipinski definition) is 4. The number of carbonyl (C=O) groups is 1. The molecule has 19 heavy (non-hydrogen) atoms. The van der Waals surface area contributed by atoms with E-state index >= 15 is 0 Å². The van der Waals surface area contributed by atoms with E-state index in [1.54, 1.807) is 13.0 Å². The summed E-state index contributed by atoms with van der Waals surface area (Å²) < 4.78 is 4.88. The van der Waals surface area contributed by atoms with Crippen molar-refractivity contribution >= 4 is 5.91 Å². The van der Waals surface area contributed by atoms with E-state index in [1.807, 2.05) is 6.07 Å². The van der Waals surface area contributed by atoms with Gasteiger partial charge < -0.3 is 15.2 Å². The zero-order chi connectivity index (χ0) is 13.2. The van der Waals surface area contributed by atoms with Crippen molar-refractivity contribution in [2.24, 2.45) is 0 Å². The molecule has 1 aromatic heterocycles. The van der Waals surface area contributed by atoms with Gasteiger partial charge in [-0.05, 0) is 23.6 Å². The Bertz CT molecular complexity index is 619. The zero-order valence-corrected chi connectivity index (χ0v) is 10.7. The first-order valence-corrected chi connectivity index (χ1v) is 6.25. The van der Waals surface area contributed by atoms with Crippen LogP contribution < -0.4 is 10.6 Å². The molecule has 5 heteroatoms. The molecular formula is C14H15N3O2. The first kappa shape index (κ1) is 11.9. The highest BCUT2D eigenvalue weighted by molar-refractivity contribution is 5.92. The van der Waals surface area contributed by atoms with Gasteiger partial charge in [-0.1, -0.05) is 23.4 Å². The molecule has 1 aliphatic rings. The lowest BCUT2D eigenvalue weighted by molar-refractivity contribution is 0.0942. The number of rotatable bonds is 3.